The fraction of sp³-hybridized carbons (Fsp3) is 0.0909. The second kappa shape index (κ2) is 21.8. The molecule has 0 spiro atoms. The molecule has 0 amide bonds. The van der Waals surface area contributed by atoms with E-state index in [-0.39, 0.29) is 11.5 Å². The summed E-state index contributed by atoms with van der Waals surface area (Å²) < 4.78 is 225. The standard InChI is InChI=1S/C44H38N10O20S6/c55-75(56,57)31-18-20-35(77(61,62)63)33(24-31)45-37-47-39(51-41(49-37)73-29-12-6-2-7-13-29)53-43(23-22-28(17-16-27-10-4-1-5-11-27)44(26-43,79(67,68)69)80(70,71)72)54-40-48-38(50-42(52-40)74-30-14-8-3-9-15-30)46-34-25-32(76(58,59)60)19-21-36(34)78(64,65)66/h1-25,28H,26H2,(H,55,56,57)(H,58,59,60)(H,61,62,63)(H,64,65,66)(H,67,68,69)(H,70,71,72)(H2,45,47,49,51,53)(H2,46,48,50,52,54). The van der Waals surface area contributed by atoms with Crippen LogP contribution in [0.5, 0.6) is 23.5 Å². The third kappa shape index (κ3) is 13.5. The SMILES string of the molecule is O=S(=O)(O)c1ccc(S(=O)(=O)O)c(Nc2nc(NC3(Nc4nc(Nc5cc(S(=O)(=O)O)ccc5S(=O)(=O)O)nc(Oc5ccccc5)n4)C=CC(C=Cc4ccccc4)C(S(=O)(=O)O)(S(=O)(=O)O)C3)nc(Oc3ccccc3)n2)c1. The number of nitrogens with zero attached hydrogens (tertiary/aromatic N) is 6. The highest BCUT2D eigenvalue weighted by Gasteiger charge is 2.64. The highest BCUT2D eigenvalue weighted by atomic mass is 32.3. The fourth-order valence-electron chi connectivity index (χ4n) is 7.67. The van der Waals surface area contributed by atoms with E-state index in [4.69, 9.17) is 9.47 Å². The zero-order chi connectivity index (χ0) is 58.1. The van der Waals surface area contributed by atoms with Gasteiger partial charge in [-0.3, -0.25) is 27.3 Å². The summed E-state index contributed by atoms with van der Waals surface area (Å²) in [7, 11) is -32.9. The third-order valence-corrected chi connectivity index (χ3v) is 18.5. The first-order valence-corrected chi connectivity index (χ1v) is 30.6. The average molecular weight is 1220 g/mol. The summed E-state index contributed by atoms with van der Waals surface area (Å²) in [6.07, 6.45) is 2.59. The van der Waals surface area contributed by atoms with E-state index >= 15 is 0 Å². The van der Waals surface area contributed by atoms with Gasteiger partial charge in [0.2, 0.25) is 27.9 Å². The van der Waals surface area contributed by atoms with Gasteiger partial charge in [-0.15, -0.1) is 0 Å². The molecule has 80 heavy (non-hydrogen) atoms. The minimum atomic E-state index is -6.12. The molecule has 10 N–H and O–H groups in total. The molecular weight excluding hydrogens is 1180 g/mol. The third-order valence-electron chi connectivity index (χ3n) is 11.1. The minimum Gasteiger partial charge on any atom is -0.424 e. The Morgan fingerprint density at radius 2 is 0.863 bits per heavy atom. The predicted octanol–water partition coefficient (Wildman–Crippen LogP) is 5.10. The Balaban J connectivity index is 1.37. The number of hydrogen-bond donors (Lipinski definition) is 10. The van der Waals surface area contributed by atoms with Gasteiger partial charge in [0.15, 0.2) is 0 Å². The Hall–Kier alpha value is -8.14. The fourth-order valence-corrected chi connectivity index (χ4v) is 12.8. The molecule has 0 aliphatic heterocycles. The van der Waals surface area contributed by atoms with Crippen LogP contribution in [0.25, 0.3) is 6.08 Å². The van der Waals surface area contributed by atoms with Crippen molar-refractivity contribution in [1.29, 1.82) is 0 Å². The largest absolute Gasteiger partial charge is 0.424 e. The Morgan fingerprint density at radius 3 is 1.24 bits per heavy atom. The van der Waals surface area contributed by atoms with E-state index in [2.05, 4.69) is 51.2 Å². The van der Waals surface area contributed by atoms with E-state index in [9.17, 15) is 77.8 Å². The van der Waals surface area contributed by atoms with Gasteiger partial charge in [-0.2, -0.15) is 80.4 Å². The molecule has 0 saturated heterocycles. The molecule has 2 heterocycles. The number of rotatable bonds is 20. The van der Waals surface area contributed by atoms with Crippen LogP contribution in [0, 0.1) is 5.92 Å². The highest BCUT2D eigenvalue weighted by Crippen LogP contribution is 2.46. The summed E-state index contributed by atoms with van der Waals surface area (Å²) in [6, 6.07) is 24.7. The van der Waals surface area contributed by atoms with Gasteiger partial charge in [-0.1, -0.05) is 85.0 Å². The Kier molecular flexibility index (Phi) is 15.8. The molecular formula is C44H38N10O20S6. The number of benzene rings is 5. The van der Waals surface area contributed by atoms with Crippen molar-refractivity contribution in [2.24, 2.45) is 5.92 Å². The van der Waals surface area contributed by atoms with E-state index in [0.717, 1.165) is 18.2 Å². The van der Waals surface area contributed by atoms with Crippen LogP contribution < -0.4 is 30.7 Å². The van der Waals surface area contributed by atoms with Crippen molar-refractivity contribution in [3.8, 4) is 23.5 Å². The number of allylic oxidation sites excluding steroid dienone is 2. The molecule has 1 unspecified atom stereocenters. The summed E-state index contributed by atoms with van der Waals surface area (Å²) in [5, 5.41) is 9.99. The maximum atomic E-state index is 13.9. The molecule has 0 fully saturated rings. The van der Waals surface area contributed by atoms with Crippen molar-refractivity contribution >= 4 is 102 Å². The van der Waals surface area contributed by atoms with Crippen molar-refractivity contribution in [3.05, 3.63) is 151 Å². The van der Waals surface area contributed by atoms with E-state index in [1.54, 1.807) is 30.3 Å². The van der Waals surface area contributed by atoms with E-state index in [1.807, 2.05) is 0 Å². The normalized spacial score (nSPS) is 15.7. The molecule has 1 aliphatic rings. The number of ether oxygens (including phenoxy) is 2. The average Bonchev–Trinajstić information content (AvgIpc) is 3.35. The first kappa shape index (κ1) is 58.0. The molecule has 0 radical (unpaired) electrons. The second-order valence-corrected chi connectivity index (χ2v) is 25.9. The van der Waals surface area contributed by atoms with Gasteiger partial charge in [0.05, 0.1) is 21.2 Å². The molecule has 30 nitrogen and oxygen atoms in total. The summed E-state index contributed by atoms with van der Waals surface area (Å²) in [5.41, 5.74) is -4.00. The maximum Gasteiger partial charge on any atom is 0.328 e. The van der Waals surface area contributed by atoms with E-state index < -0.39 is 150 Å². The molecule has 1 atom stereocenters. The molecule has 1 aliphatic carbocycles. The quantitative estimate of drug-likeness (QED) is 0.0270. The van der Waals surface area contributed by atoms with Gasteiger partial charge in [-0.25, -0.2) is 0 Å². The zero-order valence-corrected chi connectivity index (χ0v) is 44.6. The van der Waals surface area contributed by atoms with E-state index in [1.165, 1.54) is 66.7 Å². The second-order valence-electron chi connectivity index (χ2n) is 16.6. The number of para-hydroxylation sites is 2. The highest BCUT2D eigenvalue weighted by molar-refractivity contribution is 8.05. The van der Waals surface area contributed by atoms with Crippen LogP contribution >= 0.6 is 0 Å². The number of aromatic nitrogens is 6. The van der Waals surface area contributed by atoms with Gasteiger partial charge in [0, 0.05) is 12.3 Å². The lowest BCUT2D eigenvalue weighted by Gasteiger charge is -2.44. The van der Waals surface area contributed by atoms with Crippen molar-refractivity contribution in [2.45, 2.75) is 35.7 Å². The number of nitrogens with one attached hydrogen (secondary N) is 4. The molecule has 36 heteroatoms. The summed E-state index contributed by atoms with van der Waals surface area (Å²) in [4.78, 5) is 21.1. The Morgan fingerprint density at radius 1 is 0.475 bits per heavy atom. The van der Waals surface area contributed by atoms with Crippen molar-refractivity contribution < 1.29 is 87.3 Å². The summed E-state index contributed by atoms with van der Waals surface area (Å²) in [5.74, 6) is -5.32. The molecule has 5 aromatic carbocycles. The zero-order valence-electron chi connectivity index (χ0n) is 39.7. The summed E-state index contributed by atoms with van der Waals surface area (Å²) >= 11 is 0. The Labute approximate surface area is 454 Å². The lowest BCUT2D eigenvalue weighted by atomic mass is 9.86. The molecule has 8 rings (SSSR count). The lowest BCUT2D eigenvalue weighted by molar-refractivity contribution is 0.360. The molecule has 7 aromatic rings. The van der Waals surface area contributed by atoms with Crippen LogP contribution in [0.4, 0.5) is 35.2 Å². The van der Waals surface area contributed by atoms with Crippen LogP contribution in [0.2, 0.25) is 0 Å². The van der Waals surface area contributed by atoms with Crippen molar-refractivity contribution in [3.63, 3.8) is 0 Å². The lowest BCUT2D eigenvalue weighted by Crippen LogP contribution is -2.62. The predicted molar refractivity (Wildman–Crippen MR) is 280 cm³/mol. The molecule has 420 valence electrons. The van der Waals surface area contributed by atoms with Crippen LogP contribution in [0.1, 0.15) is 12.0 Å². The van der Waals surface area contributed by atoms with Gasteiger partial charge in [-0.05, 0) is 72.3 Å². The first-order chi connectivity index (χ1) is 37.3. The van der Waals surface area contributed by atoms with Crippen molar-refractivity contribution in [2.75, 3.05) is 21.3 Å². The van der Waals surface area contributed by atoms with Gasteiger partial charge in [0.25, 0.3) is 60.7 Å². The minimum absolute atomic E-state index is 0.00764. The monoisotopic (exact) mass is 1220 g/mol. The summed E-state index contributed by atoms with van der Waals surface area (Å²) in [6.45, 7) is 0. The van der Waals surface area contributed by atoms with Crippen LogP contribution in [-0.4, -0.2) is 117 Å². The van der Waals surface area contributed by atoms with Crippen LogP contribution in [-0.2, 0) is 60.7 Å². The number of hydrogen-bond acceptors (Lipinski definition) is 24. The van der Waals surface area contributed by atoms with Crippen LogP contribution in [0.3, 0.4) is 0 Å². The Bertz CT molecular complexity index is 4070. The maximum absolute atomic E-state index is 13.9. The molecule has 0 saturated carbocycles. The topological polar surface area (TPSA) is 470 Å². The van der Waals surface area contributed by atoms with Gasteiger partial charge < -0.3 is 30.7 Å². The van der Waals surface area contributed by atoms with Gasteiger partial charge >= 0.3 is 12.0 Å². The smallest absolute Gasteiger partial charge is 0.328 e. The van der Waals surface area contributed by atoms with E-state index in [0.29, 0.717) is 42.0 Å². The van der Waals surface area contributed by atoms with Gasteiger partial charge in [0.1, 0.15) is 27.0 Å². The first-order valence-electron chi connectivity index (χ1n) is 21.9. The molecule has 0 bridgehead atoms. The van der Waals surface area contributed by atoms with Crippen molar-refractivity contribution in [1.82, 2.24) is 29.9 Å². The number of anilines is 6. The van der Waals surface area contributed by atoms with Crippen LogP contribution in [0.15, 0.2) is 165 Å². The molecule has 2 aromatic heterocycles.